The predicted molar refractivity (Wildman–Crippen MR) is 139 cm³/mol. The third-order valence-electron chi connectivity index (χ3n) is 5.17. The predicted octanol–water partition coefficient (Wildman–Crippen LogP) is 8.78. The normalized spacial score (nSPS) is 11.5. The molecule has 0 aliphatic heterocycles. The van der Waals surface area contributed by atoms with E-state index in [9.17, 15) is 0 Å². The molecular weight excluding hydrogens is 435 g/mol. The SMILES string of the molecule is Cc1cc(-c2ccc(N=Cc3ccc(Cl)cc3)c(C)c2)ccc1N=Cc1ccc(Cl)cc1. The maximum Gasteiger partial charge on any atom is 0.0659 e. The number of aryl methyl sites for hydroxylation is 2. The van der Waals surface area contributed by atoms with Crippen molar-refractivity contribution in [2.24, 2.45) is 9.98 Å². The van der Waals surface area contributed by atoms with Crippen LogP contribution in [0.2, 0.25) is 10.0 Å². The van der Waals surface area contributed by atoms with Crippen molar-refractivity contribution in [1.82, 2.24) is 0 Å². The first kappa shape index (κ1) is 22.0. The van der Waals surface area contributed by atoms with E-state index in [1.165, 1.54) is 0 Å². The van der Waals surface area contributed by atoms with Crippen LogP contribution in [0.3, 0.4) is 0 Å². The number of hydrogen-bond acceptors (Lipinski definition) is 2. The molecule has 4 aromatic carbocycles. The molecule has 0 N–H and O–H groups in total. The van der Waals surface area contributed by atoms with Gasteiger partial charge >= 0.3 is 0 Å². The van der Waals surface area contributed by atoms with Gasteiger partial charge in [-0.25, -0.2) is 0 Å². The molecule has 32 heavy (non-hydrogen) atoms. The van der Waals surface area contributed by atoms with Crippen LogP contribution in [0.1, 0.15) is 22.3 Å². The molecule has 0 aliphatic carbocycles. The molecule has 0 aromatic heterocycles. The van der Waals surface area contributed by atoms with E-state index in [4.69, 9.17) is 23.2 Å². The van der Waals surface area contributed by atoms with Gasteiger partial charge in [0.25, 0.3) is 0 Å². The summed E-state index contributed by atoms with van der Waals surface area (Å²) in [5.74, 6) is 0. The molecule has 0 atom stereocenters. The summed E-state index contributed by atoms with van der Waals surface area (Å²) in [6, 6.07) is 27.9. The maximum absolute atomic E-state index is 5.94. The second kappa shape index (κ2) is 9.95. The molecule has 0 fully saturated rings. The van der Waals surface area contributed by atoms with Crippen molar-refractivity contribution < 1.29 is 0 Å². The highest BCUT2D eigenvalue weighted by molar-refractivity contribution is 6.30. The van der Waals surface area contributed by atoms with Crippen molar-refractivity contribution in [3.8, 4) is 11.1 Å². The number of hydrogen-bond donors (Lipinski definition) is 0. The summed E-state index contributed by atoms with van der Waals surface area (Å²) in [5.41, 5.74) is 8.49. The largest absolute Gasteiger partial charge is 0.256 e. The smallest absolute Gasteiger partial charge is 0.0659 e. The van der Waals surface area contributed by atoms with Crippen LogP contribution in [0, 0.1) is 13.8 Å². The minimum Gasteiger partial charge on any atom is -0.256 e. The Balaban J connectivity index is 1.52. The number of halogens is 2. The highest BCUT2D eigenvalue weighted by Gasteiger charge is 2.04. The maximum atomic E-state index is 5.94. The molecule has 4 heteroatoms. The molecule has 0 unspecified atom stereocenters. The molecule has 0 radical (unpaired) electrons. The van der Waals surface area contributed by atoms with Gasteiger partial charge in [0.2, 0.25) is 0 Å². The van der Waals surface area contributed by atoms with Crippen molar-refractivity contribution >= 4 is 47.0 Å². The monoisotopic (exact) mass is 456 g/mol. The minimum absolute atomic E-state index is 0.722. The van der Waals surface area contributed by atoms with E-state index < -0.39 is 0 Å². The van der Waals surface area contributed by atoms with E-state index >= 15 is 0 Å². The number of aliphatic imine (C=N–C) groups is 2. The number of nitrogens with zero attached hydrogens (tertiary/aromatic N) is 2. The molecule has 0 bridgehead atoms. The van der Waals surface area contributed by atoms with Crippen LogP contribution in [-0.2, 0) is 0 Å². The number of rotatable bonds is 5. The summed E-state index contributed by atoms with van der Waals surface area (Å²) in [6.45, 7) is 4.16. The quantitative estimate of drug-likeness (QED) is 0.268. The first-order chi connectivity index (χ1) is 15.5. The fourth-order valence-corrected chi connectivity index (χ4v) is 3.60. The van der Waals surface area contributed by atoms with Gasteiger partial charge in [0.15, 0.2) is 0 Å². The Kier molecular flexibility index (Phi) is 6.84. The van der Waals surface area contributed by atoms with Crippen molar-refractivity contribution in [2.75, 3.05) is 0 Å². The van der Waals surface area contributed by atoms with E-state index in [-0.39, 0.29) is 0 Å². The molecule has 4 aromatic rings. The standard InChI is InChI=1S/C28H22Cl2N2/c1-19-15-23(7-13-27(19)31-17-21-3-9-25(29)10-4-21)24-8-14-28(20(2)16-24)32-18-22-5-11-26(30)12-6-22/h3-18H,1-2H3. The summed E-state index contributed by atoms with van der Waals surface area (Å²) >= 11 is 11.9. The van der Waals surface area contributed by atoms with Gasteiger partial charge in [-0.3, -0.25) is 9.98 Å². The molecule has 0 amide bonds. The van der Waals surface area contributed by atoms with Crippen molar-refractivity contribution in [3.05, 3.63) is 117 Å². The lowest BCUT2D eigenvalue weighted by molar-refractivity contribution is 1.38. The van der Waals surface area contributed by atoms with Gasteiger partial charge < -0.3 is 0 Å². The van der Waals surface area contributed by atoms with Gasteiger partial charge in [0.1, 0.15) is 0 Å². The third-order valence-corrected chi connectivity index (χ3v) is 5.68. The zero-order valence-electron chi connectivity index (χ0n) is 17.9. The summed E-state index contributed by atoms with van der Waals surface area (Å²) < 4.78 is 0. The lowest BCUT2D eigenvalue weighted by Gasteiger charge is -2.08. The van der Waals surface area contributed by atoms with E-state index in [0.717, 1.165) is 54.8 Å². The Morgan fingerprint density at radius 2 is 0.906 bits per heavy atom. The molecule has 0 saturated heterocycles. The van der Waals surface area contributed by atoms with Gasteiger partial charge in [-0.15, -0.1) is 0 Å². The molecule has 0 aliphatic rings. The van der Waals surface area contributed by atoms with Crippen LogP contribution in [0.25, 0.3) is 11.1 Å². The minimum atomic E-state index is 0.722. The second-order valence-electron chi connectivity index (χ2n) is 7.62. The summed E-state index contributed by atoms with van der Waals surface area (Å²) in [5, 5.41) is 1.44. The summed E-state index contributed by atoms with van der Waals surface area (Å²) in [7, 11) is 0. The van der Waals surface area contributed by atoms with Gasteiger partial charge in [-0.1, -0.05) is 59.6 Å². The summed E-state index contributed by atoms with van der Waals surface area (Å²) in [6.07, 6.45) is 3.71. The highest BCUT2D eigenvalue weighted by Crippen LogP contribution is 2.30. The first-order valence-corrected chi connectivity index (χ1v) is 11.0. The van der Waals surface area contributed by atoms with Gasteiger partial charge in [-0.2, -0.15) is 0 Å². The third kappa shape index (κ3) is 5.53. The molecule has 4 rings (SSSR count). The lowest BCUT2D eigenvalue weighted by atomic mass is 10.00. The Morgan fingerprint density at radius 3 is 1.25 bits per heavy atom. The first-order valence-electron chi connectivity index (χ1n) is 10.3. The Labute approximate surface area is 198 Å². The van der Waals surface area contributed by atoms with Crippen molar-refractivity contribution in [2.45, 2.75) is 13.8 Å². The van der Waals surface area contributed by atoms with E-state index in [0.29, 0.717) is 0 Å². The van der Waals surface area contributed by atoms with Gasteiger partial charge in [0.05, 0.1) is 11.4 Å². The van der Waals surface area contributed by atoms with Crippen molar-refractivity contribution in [1.29, 1.82) is 0 Å². The topological polar surface area (TPSA) is 24.7 Å². The molecule has 2 nitrogen and oxygen atoms in total. The second-order valence-corrected chi connectivity index (χ2v) is 8.49. The Hall–Kier alpha value is -3.20. The van der Waals surface area contributed by atoms with E-state index in [1.54, 1.807) is 0 Å². The highest BCUT2D eigenvalue weighted by atomic mass is 35.5. The van der Waals surface area contributed by atoms with Crippen molar-refractivity contribution in [3.63, 3.8) is 0 Å². The average molecular weight is 457 g/mol. The summed E-state index contributed by atoms with van der Waals surface area (Å²) in [4.78, 5) is 9.27. The zero-order valence-corrected chi connectivity index (χ0v) is 19.4. The van der Waals surface area contributed by atoms with Crippen LogP contribution in [0.4, 0.5) is 11.4 Å². The fraction of sp³-hybridized carbons (Fsp3) is 0.0714. The van der Waals surface area contributed by atoms with E-state index in [1.807, 2.05) is 61.0 Å². The Bertz CT molecular complexity index is 1190. The molecule has 0 saturated carbocycles. The average Bonchev–Trinajstić information content (AvgIpc) is 2.79. The van der Waals surface area contributed by atoms with Crippen LogP contribution in [0.5, 0.6) is 0 Å². The lowest BCUT2D eigenvalue weighted by Crippen LogP contribution is -1.85. The van der Waals surface area contributed by atoms with Gasteiger partial charge in [-0.05, 0) is 95.8 Å². The number of benzene rings is 4. The zero-order chi connectivity index (χ0) is 22.5. The fourth-order valence-electron chi connectivity index (χ4n) is 3.35. The molecule has 0 heterocycles. The van der Waals surface area contributed by atoms with Crippen LogP contribution >= 0.6 is 23.2 Å². The van der Waals surface area contributed by atoms with Crippen LogP contribution in [-0.4, -0.2) is 12.4 Å². The molecule has 0 spiro atoms. The van der Waals surface area contributed by atoms with E-state index in [2.05, 4.69) is 60.2 Å². The van der Waals surface area contributed by atoms with Gasteiger partial charge in [0, 0.05) is 22.5 Å². The van der Waals surface area contributed by atoms with Crippen LogP contribution in [0.15, 0.2) is 94.9 Å². The molecular formula is C28H22Cl2N2. The molecule has 158 valence electrons. The Morgan fingerprint density at radius 1 is 0.531 bits per heavy atom. The van der Waals surface area contributed by atoms with Crippen LogP contribution < -0.4 is 0 Å².